The third-order valence-corrected chi connectivity index (χ3v) is 3.49. The van der Waals surface area contributed by atoms with Crippen molar-refractivity contribution in [1.82, 2.24) is 0 Å². The van der Waals surface area contributed by atoms with Crippen molar-refractivity contribution in [3.05, 3.63) is 23.3 Å². The summed E-state index contributed by atoms with van der Waals surface area (Å²) in [6.45, 7) is -1.80. The van der Waals surface area contributed by atoms with Gasteiger partial charge in [-0.3, -0.25) is 4.79 Å². The van der Waals surface area contributed by atoms with E-state index in [4.69, 9.17) is 11.5 Å². The van der Waals surface area contributed by atoms with Gasteiger partial charge in [0.05, 0.1) is 0 Å². The monoisotopic (exact) mass is 321 g/mol. The van der Waals surface area contributed by atoms with E-state index in [9.17, 15) is 22.0 Å². The van der Waals surface area contributed by atoms with Crippen molar-refractivity contribution < 1.29 is 26.7 Å². The lowest BCUT2D eigenvalue weighted by Crippen LogP contribution is -2.24. The minimum atomic E-state index is -3.90. The van der Waals surface area contributed by atoms with Crippen molar-refractivity contribution >= 4 is 21.7 Å². The average molecular weight is 321 g/mol. The molecule has 0 bridgehead atoms. The number of alkyl halides is 2. The van der Waals surface area contributed by atoms with E-state index in [0.717, 1.165) is 18.4 Å². The Morgan fingerprint density at radius 3 is 2.33 bits per heavy atom. The van der Waals surface area contributed by atoms with Gasteiger partial charge in [-0.15, -0.1) is 0 Å². The lowest BCUT2D eigenvalue weighted by atomic mass is 10.1. The second kappa shape index (κ2) is 6.04. The highest BCUT2D eigenvalue weighted by molar-refractivity contribution is 7.90. The van der Waals surface area contributed by atoms with Crippen LogP contribution in [0, 0.1) is 6.92 Å². The van der Waals surface area contributed by atoms with Crippen LogP contribution in [0.25, 0.3) is 0 Å². The number of ether oxygens (including phenoxy) is 1. The topological polar surface area (TPSA) is 125 Å². The minimum absolute atomic E-state index is 0.134. The number of guanidine groups is 1. The molecule has 10 heteroatoms. The Morgan fingerprint density at radius 1 is 1.33 bits per heavy atom. The molecule has 1 aromatic rings. The Hall–Kier alpha value is -2.23. The molecule has 7 nitrogen and oxygen atoms in total. The highest BCUT2D eigenvalue weighted by Crippen LogP contribution is 2.29. The van der Waals surface area contributed by atoms with Gasteiger partial charge < -0.3 is 16.2 Å². The molecule has 0 saturated heterocycles. The Labute approximate surface area is 119 Å². The van der Waals surface area contributed by atoms with Crippen LogP contribution in [0.5, 0.6) is 5.75 Å². The van der Waals surface area contributed by atoms with Crippen molar-refractivity contribution in [3.8, 4) is 5.75 Å². The Balaban J connectivity index is 3.52. The fourth-order valence-corrected chi connectivity index (χ4v) is 2.35. The normalized spacial score (nSPS) is 11.3. The third-order valence-electron chi connectivity index (χ3n) is 2.37. The van der Waals surface area contributed by atoms with E-state index in [1.165, 1.54) is 6.92 Å². The first-order valence-corrected chi connectivity index (χ1v) is 7.35. The number of nitrogens with two attached hydrogens (primary N) is 2. The number of amides is 1. The average Bonchev–Trinajstić information content (AvgIpc) is 2.24. The number of carbonyl (C=O) groups excluding carboxylic acids is 1. The van der Waals surface area contributed by atoms with Crippen molar-refractivity contribution in [2.24, 2.45) is 16.5 Å². The molecule has 4 N–H and O–H groups in total. The molecule has 0 aliphatic carbocycles. The van der Waals surface area contributed by atoms with Crippen LogP contribution in [0.3, 0.4) is 0 Å². The molecule has 0 atom stereocenters. The zero-order valence-electron chi connectivity index (χ0n) is 11.1. The van der Waals surface area contributed by atoms with Gasteiger partial charge in [0, 0.05) is 11.8 Å². The van der Waals surface area contributed by atoms with Gasteiger partial charge in [0.2, 0.25) is 0 Å². The first kappa shape index (κ1) is 16.8. The minimum Gasteiger partial charge on any atom is -0.433 e. The fraction of sp³-hybridized carbons (Fsp3) is 0.273. The second-order valence-corrected chi connectivity index (χ2v) is 6.09. The van der Waals surface area contributed by atoms with E-state index in [1.54, 1.807) is 0 Å². The maximum absolute atomic E-state index is 12.3. The lowest BCUT2D eigenvalue weighted by molar-refractivity contribution is -0.0517. The van der Waals surface area contributed by atoms with Gasteiger partial charge in [-0.05, 0) is 24.6 Å². The summed E-state index contributed by atoms with van der Waals surface area (Å²) in [4.78, 5) is 14.5. The standard InChI is InChI=1S/C11H13F2N3O4S/c1-5-3-7(20-10(12)13)8(21(2,18)19)4-6(5)9(17)16-11(14)15/h3-4,10H,1-2H3,(H4,14,15,16,17). The van der Waals surface area contributed by atoms with E-state index >= 15 is 0 Å². The molecule has 0 fully saturated rings. The number of sulfone groups is 1. The molecule has 0 spiro atoms. The van der Waals surface area contributed by atoms with Crippen molar-refractivity contribution in [3.63, 3.8) is 0 Å². The van der Waals surface area contributed by atoms with Crippen molar-refractivity contribution in [2.75, 3.05) is 6.26 Å². The zero-order valence-corrected chi connectivity index (χ0v) is 11.9. The number of aliphatic imine (C=N–C) groups is 1. The first-order chi connectivity index (χ1) is 9.52. The molecule has 0 aliphatic heterocycles. The first-order valence-electron chi connectivity index (χ1n) is 5.46. The van der Waals surface area contributed by atoms with Crippen LogP contribution in [0.2, 0.25) is 0 Å². The Morgan fingerprint density at radius 2 is 1.90 bits per heavy atom. The number of halogens is 2. The molecule has 1 aromatic carbocycles. The number of rotatable bonds is 4. The summed E-state index contributed by atoms with van der Waals surface area (Å²) in [6, 6.07) is 1.91. The molecule has 0 heterocycles. The van der Waals surface area contributed by atoms with E-state index < -0.39 is 39.0 Å². The van der Waals surface area contributed by atoms with Crippen LogP contribution < -0.4 is 16.2 Å². The predicted octanol–water partition coefficient (Wildman–Crippen LogP) is 0.414. The van der Waals surface area contributed by atoms with Gasteiger partial charge in [0.1, 0.15) is 10.6 Å². The van der Waals surface area contributed by atoms with Crippen LogP contribution >= 0.6 is 0 Å². The van der Waals surface area contributed by atoms with E-state index in [2.05, 4.69) is 9.73 Å². The largest absolute Gasteiger partial charge is 0.433 e. The SMILES string of the molecule is Cc1cc(OC(F)F)c(S(C)(=O)=O)cc1C(=O)N=C(N)N. The molecule has 0 unspecified atom stereocenters. The molecule has 0 saturated carbocycles. The van der Waals surface area contributed by atoms with Gasteiger partial charge in [-0.2, -0.15) is 13.8 Å². The molecule has 1 amide bonds. The van der Waals surface area contributed by atoms with Gasteiger partial charge in [-0.1, -0.05) is 0 Å². The van der Waals surface area contributed by atoms with E-state index in [-0.39, 0.29) is 11.1 Å². The van der Waals surface area contributed by atoms with Gasteiger partial charge >= 0.3 is 6.61 Å². The Kier molecular flexibility index (Phi) is 4.84. The van der Waals surface area contributed by atoms with Gasteiger partial charge in [-0.25, -0.2) is 8.42 Å². The number of hydrogen-bond donors (Lipinski definition) is 2. The maximum atomic E-state index is 12.3. The van der Waals surface area contributed by atoms with Crippen LogP contribution in [0.15, 0.2) is 22.0 Å². The summed E-state index contributed by atoms with van der Waals surface area (Å²) < 4.78 is 52.0. The van der Waals surface area contributed by atoms with E-state index in [1.807, 2.05) is 0 Å². The summed E-state index contributed by atoms with van der Waals surface area (Å²) >= 11 is 0. The summed E-state index contributed by atoms with van der Waals surface area (Å²) in [5.74, 6) is -1.94. The molecular formula is C11H13F2N3O4S. The van der Waals surface area contributed by atoms with Crippen LogP contribution in [0.4, 0.5) is 8.78 Å². The maximum Gasteiger partial charge on any atom is 0.387 e. The molecule has 0 radical (unpaired) electrons. The number of benzene rings is 1. The number of carbonyl (C=O) groups is 1. The highest BCUT2D eigenvalue weighted by Gasteiger charge is 2.22. The van der Waals surface area contributed by atoms with Gasteiger partial charge in [0.15, 0.2) is 15.8 Å². The molecule has 0 aliphatic rings. The molecule has 116 valence electrons. The summed E-state index contributed by atoms with van der Waals surface area (Å²) in [5.41, 5.74) is 10.2. The van der Waals surface area contributed by atoms with Crippen LogP contribution in [-0.2, 0) is 9.84 Å². The quantitative estimate of drug-likeness (QED) is 0.611. The summed E-state index contributed by atoms with van der Waals surface area (Å²) in [5, 5.41) is 0. The fourth-order valence-electron chi connectivity index (χ4n) is 1.55. The summed E-state index contributed by atoms with van der Waals surface area (Å²) in [6.07, 6.45) is 0.796. The summed E-state index contributed by atoms with van der Waals surface area (Å²) in [7, 11) is -3.90. The van der Waals surface area contributed by atoms with E-state index in [0.29, 0.717) is 0 Å². The van der Waals surface area contributed by atoms with Crippen LogP contribution in [-0.4, -0.2) is 33.2 Å². The zero-order chi connectivity index (χ0) is 16.4. The van der Waals surface area contributed by atoms with Gasteiger partial charge in [0.25, 0.3) is 5.91 Å². The van der Waals surface area contributed by atoms with Crippen molar-refractivity contribution in [1.29, 1.82) is 0 Å². The van der Waals surface area contributed by atoms with Crippen molar-refractivity contribution in [2.45, 2.75) is 18.4 Å². The lowest BCUT2D eigenvalue weighted by Gasteiger charge is -2.12. The number of aryl methyl sites for hydroxylation is 1. The highest BCUT2D eigenvalue weighted by atomic mass is 32.2. The van der Waals surface area contributed by atoms with Crippen LogP contribution in [0.1, 0.15) is 15.9 Å². The number of nitrogens with zero attached hydrogens (tertiary/aromatic N) is 1. The predicted molar refractivity (Wildman–Crippen MR) is 71.1 cm³/mol. The molecule has 21 heavy (non-hydrogen) atoms. The number of hydrogen-bond acceptors (Lipinski definition) is 4. The molecular weight excluding hydrogens is 308 g/mol. The molecule has 1 rings (SSSR count). The smallest absolute Gasteiger partial charge is 0.387 e. The second-order valence-electron chi connectivity index (χ2n) is 4.11. The third kappa shape index (κ3) is 4.38. The Bertz CT molecular complexity index is 698. The molecule has 0 aromatic heterocycles.